The van der Waals surface area contributed by atoms with Crippen molar-refractivity contribution >= 4 is 11.9 Å². The maximum absolute atomic E-state index is 12.5. The highest BCUT2D eigenvalue weighted by atomic mass is 16.5. The van der Waals surface area contributed by atoms with E-state index in [0.717, 1.165) is 18.4 Å². The van der Waals surface area contributed by atoms with Crippen molar-refractivity contribution in [2.45, 2.75) is 25.0 Å². The van der Waals surface area contributed by atoms with E-state index in [4.69, 9.17) is 9.84 Å². The second kappa shape index (κ2) is 6.84. The van der Waals surface area contributed by atoms with Crippen LogP contribution < -0.4 is 5.32 Å². The van der Waals surface area contributed by atoms with Crippen molar-refractivity contribution in [3.05, 3.63) is 53.3 Å². The van der Waals surface area contributed by atoms with Crippen LogP contribution in [0.3, 0.4) is 0 Å². The monoisotopic (exact) mass is 329 g/mol. The Morgan fingerprint density at radius 1 is 1.38 bits per heavy atom. The summed E-state index contributed by atoms with van der Waals surface area (Å²) in [6.45, 7) is 0.639. The summed E-state index contributed by atoms with van der Waals surface area (Å²) in [7, 11) is 1.83. The number of aromatic carboxylic acids is 1. The van der Waals surface area contributed by atoms with Gasteiger partial charge in [0.2, 0.25) is 0 Å². The predicted octanol–water partition coefficient (Wildman–Crippen LogP) is 1.77. The Kier molecular flexibility index (Phi) is 4.61. The molecule has 1 aliphatic rings. The third-order valence-electron chi connectivity index (χ3n) is 4.06. The van der Waals surface area contributed by atoms with Crippen LogP contribution in [-0.4, -0.2) is 39.4 Å². The third-order valence-corrected chi connectivity index (χ3v) is 4.06. The molecule has 0 bridgehead atoms. The molecule has 24 heavy (non-hydrogen) atoms. The highest BCUT2D eigenvalue weighted by molar-refractivity contribution is 5.97. The molecule has 1 aliphatic heterocycles. The number of ether oxygens (including phenoxy) is 1. The van der Waals surface area contributed by atoms with Gasteiger partial charge >= 0.3 is 5.97 Å². The average molecular weight is 329 g/mol. The molecule has 1 aromatic heterocycles. The van der Waals surface area contributed by atoms with E-state index in [9.17, 15) is 9.59 Å². The van der Waals surface area contributed by atoms with Gasteiger partial charge in [-0.15, -0.1) is 0 Å². The fourth-order valence-corrected chi connectivity index (χ4v) is 2.89. The molecule has 0 unspecified atom stereocenters. The standard InChI is InChI=1S/C17H19N3O4/c1-20-10-13(9-18-20)15-14(6-3-7-24-15)19-16(21)11-4-2-5-12(8-11)17(22)23/h2,4-5,8-10,14-15H,3,6-7H2,1H3,(H,19,21)(H,22,23)/t14-,15+/m0/s1. The molecule has 3 rings (SSSR count). The molecule has 0 saturated carbocycles. The first-order valence-corrected chi connectivity index (χ1v) is 7.79. The van der Waals surface area contributed by atoms with Gasteiger partial charge in [0.15, 0.2) is 0 Å². The second-order valence-electron chi connectivity index (χ2n) is 5.85. The van der Waals surface area contributed by atoms with E-state index in [1.807, 2.05) is 13.2 Å². The first-order chi connectivity index (χ1) is 11.5. The van der Waals surface area contributed by atoms with Crippen molar-refractivity contribution in [3.8, 4) is 0 Å². The molecule has 0 aliphatic carbocycles. The first-order valence-electron chi connectivity index (χ1n) is 7.79. The number of aromatic nitrogens is 2. The van der Waals surface area contributed by atoms with Crippen LogP contribution in [0.1, 0.15) is 45.2 Å². The van der Waals surface area contributed by atoms with Gasteiger partial charge in [-0.3, -0.25) is 9.48 Å². The molecule has 1 aromatic carbocycles. The zero-order valence-corrected chi connectivity index (χ0v) is 13.3. The zero-order valence-electron chi connectivity index (χ0n) is 13.3. The molecule has 2 heterocycles. The Labute approximate surface area is 139 Å². The summed E-state index contributed by atoms with van der Waals surface area (Å²) in [5, 5.41) is 16.2. The number of nitrogens with one attached hydrogen (secondary N) is 1. The zero-order chi connectivity index (χ0) is 17.1. The maximum Gasteiger partial charge on any atom is 0.335 e. The van der Waals surface area contributed by atoms with Crippen LogP contribution in [0.25, 0.3) is 0 Å². The van der Waals surface area contributed by atoms with Gasteiger partial charge < -0.3 is 15.2 Å². The summed E-state index contributed by atoms with van der Waals surface area (Å²) in [6, 6.07) is 5.82. The number of carboxylic acids is 1. The van der Waals surface area contributed by atoms with Crippen molar-refractivity contribution in [1.29, 1.82) is 0 Å². The molecule has 1 fully saturated rings. The number of aryl methyl sites for hydroxylation is 1. The largest absolute Gasteiger partial charge is 0.478 e. The summed E-state index contributed by atoms with van der Waals surface area (Å²) < 4.78 is 7.52. The van der Waals surface area contributed by atoms with Crippen LogP contribution in [0.4, 0.5) is 0 Å². The van der Waals surface area contributed by atoms with Crippen molar-refractivity contribution in [2.75, 3.05) is 6.61 Å². The molecule has 0 radical (unpaired) electrons. The Hall–Kier alpha value is -2.67. The van der Waals surface area contributed by atoms with E-state index in [1.165, 1.54) is 12.1 Å². The number of hydrogen-bond acceptors (Lipinski definition) is 4. The Bertz CT molecular complexity index is 756. The van der Waals surface area contributed by atoms with Gasteiger partial charge in [-0.2, -0.15) is 5.10 Å². The molecule has 1 saturated heterocycles. The van der Waals surface area contributed by atoms with Crippen LogP contribution in [0, 0.1) is 0 Å². The molecular weight excluding hydrogens is 310 g/mol. The fraction of sp³-hybridized carbons (Fsp3) is 0.353. The summed E-state index contributed by atoms with van der Waals surface area (Å²) in [4.78, 5) is 23.5. The van der Waals surface area contributed by atoms with Crippen LogP contribution in [-0.2, 0) is 11.8 Å². The number of carboxylic acid groups (broad SMARTS) is 1. The quantitative estimate of drug-likeness (QED) is 0.891. The van der Waals surface area contributed by atoms with Crippen LogP contribution >= 0.6 is 0 Å². The van der Waals surface area contributed by atoms with Crippen molar-refractivity contribution in [1.82, 2.24) is 15.1 Å². The van der Waals surface area contributed by atoms with Crippen LogP contribution in [0.15, 0.2) is 36.7 Å². The van der Waals surface area contributed by atoms with Gasteiger partial charge in [0.25, 0.3) is 5.91 Å². The Morgan fingerprint density at radius 2 is 2.17 bits per heavy atom. The number of amides is 1. The van der Waals surface area contributed by atoms with Crippen LogP contribution in [0.2, 0.25) is 0 Å². The number of carbonyl (C=O) groups is 2. The topological polar surface area (TPSA) is 93.5 Å². The molecule has 7 heteroatoms. The normalized spacial score (nSPS) is 20.5. The summed E-state index contributed by atoms with van der Waals surface area (Å²) in [6.07, 6.45) is 5.01. The molecule has 126 valence electrons. The van der Waals surface area contributed by atoms with Gasteiger partial charge in [-0.25, -0.2) is 4.79 Å². The van der Waals surface area contributed by atoms with Crippen molar-refractivity contribution in [3.63, 3.8) is 0 Å². The highest BCUT2D eigenvalue weighted by Crippen LogP contribution is 2.28. The first kappa shape index (κ1) is 16.2. The number of hydrogen-bond donors (Lipinski definition) is 2. The molecular formula is C17H19N3O4. The minimum Gasteiger partial charge on any atom is -0.478 e. The van der Waals surface area contributed by atoms with Gasteiger partial charge in [0, 0.05) is 31.0 Å². The van der Waals surface area contributed by atoms with E-state index in [1.54, 1.807) is 23.0 Å². The van der Waals surface area contributed by atoms with E-state index in [2.05, 4.69) is 10.4 Å². The van der Waals surface area contributed by atoms with E-state index in [-0.39, 0.29) is 23.6 Å². The third kappa shape index (κ3) is 3.46. The van der Waals surface area contributed by atoms with Crippen molar-refractivity contribution in [2.24, 2.45) is 7.05 Å². The summed E-state index contributed by atoms with van der Waals surface area (Å²) >= 11 is 0. The number of rotatable bonds is 4. The maximum atomic E-state index is 12.5. The smallest absolute Gasteiger partial charge is 0.335 e. The minimum absolute atomic E-state index is 0.0892. The predicted molar refractivity (Wildman–Crippen MR) is 85.8 cm³/mol. The fourth-order valence-electron chi connectivity index (χ4n) is 2.89. The molecule has 7 nitrogen and oxygen atoms in total. The SMILES string of the molecule is Cn1cc([C@H]2OCCC[C@@H]2NC(=O)c2cccc(C(=O)O)c2)cn1. The van der Waals surface area contributed by atoms with Crippen LogP contribution in [0.5, 0.6) is 0 Å². The van der Waals surface area contributed by atoms with Crippen molar-refractivity contribution < 1.29 is 19.4 Å². The highest BCUT2D eigenvalue weighted by Gasteiger charge is 2.30. The van der Waals surface area contributed by atoms with E-state index in [0.29, 0.717) is 12.2 Å². The minimum atomic E-state index is -1.06. The average Bonchev–Trinajstić information content (AvgIpc) is 3.01. The van der Waals surface area contributed by atoms with E-state index >= 15 is 0 Å². The molecule has 0 spiro atoms. The summed E-state index contributed by atoms with van der Waals surface area (Å²) in [5.74, 6) is -1.36. The Morgan fingerprint density at radius 3 is 2.88 bits per heavy atom. The van der Waals surface area contributed by atoms with E-state index < -0.39 is 5.97 Å². The Balaban J connectivity index is 1.76. The lowest BCUT2D eigenvalue weighted by molar-refractivity contribution is -0.00949. The van der Waals surface area contributed by atoms with Gasteiger partial charge in [0.1, 0.15) is 6.10 Å². The lowest BCUT2D eigenvalue weighted by atomic mass is 9.97. The summed E-state index contributed by atoms with van der Waals surface area (Å²) in [5.41, 5.74) is 1.33. The number of benzene rings is 1. The number of nitrogens with zero attached hydrogens (tertiary/aromatic N) is 2. The molecule has 2 atom stereocenters. The van der Waals surface area contributed by atoms with Gasteiger partial charge in [-0.1, -0.05) is 6.07 Å². The van der Waals surface area contributed by atoms with Gasteiger partial charge in [-0.05, 0) is 31.0 Å². The lowest BCUT2D eigenvalue weighted by Crippen LogP contribution is -2.42. The van der Waals surface area contributed by atoms with Gasteiger partial charge in [0.05, 0.1) is 17.8 Å². The lowest BCUT2D eigenvalue weighted by Gasteiger charge is -2.31. The number of carbonyl (C=O) groups excluding carboxylic acids is 1. The molecule has 2 aromatic rings. The molecule has 2 N–H and O–H groups in total. The second-order valence-corrected chi connectivity index (χ2v) is 5.85. The molecule has 1 amide bonds.